The number of benzene rings is 1. The predicted octanol–water partition coefficient (Wildman–Crippen LogP) is 1.03. The molecule has 2 rings (SSSR count). The van der Waals surface area contributed by atoms with Crippen LogP contribution in [-0.4, -0.2) is 44.4 Å². The second-order valence-corrected chi connectivity index (χ2v) is 6.52. The second kappa shape index (κ2) is 6.06. The van der Waals surface area contributed by atoms with E-state index in [2.05, 4.69) is 0 Å². The van der Waals surface area contributed by atoms with Crippen LogP contribution in [0.2, 0.25) is 0 Å². The minimum atomic E-state index is -4.59. The van der Waals surface area contributed by atoms with Crippen LogP contribution in [0.1, 0.15) is 17.5 Å². The normalized spacial score (nSPS) is 24.2. The average molecular weight is 334 g/mol. The van der Waals surface area contributed by atoms with Gasteiger partial charge >= 0.3 is 6.18 Å². The summed E-state index contributed by atoms with van der Waals surface area (Å²) in [5.41, 5.74) is -2.69. The van der Waals surface area contributed by atoms with Gasteiger partial charge in [-0.3, -0.25) is 0 Å². The van der Waals surface area contributed by atoms with Crippen LogP contribution in [-0.2, 0) is 17.5 Å². The van der Waals surface area contributed by atoms with Gasteiger partial charge in [-0.2, -0.15) is 18.4 Å². The van der Waals surface area contributed by atoms with Crippen molar-refractivity contribution in [2.24, 2.45) is 0 Å². The van der Waals surface area contributed by atoms with Gasteiger partial charge in [-0.15, -0.1) is 4.31 Å². The first-order chi connectivity index (χ1) is 10.2. The minimum absolute atomic E-state index is 0.0438. The molecule has 5 nitrogen and oxygen atoms in total. The summed E-state index contributed by atoms with van der Waals surface area (Å²) in [6, 6.07) is 4.04. The van der Waals surface area contributed by atoms with E-state index < -0.39 is 35.3 Å². The van der Waals surface area contributed by atoms with Crippen LogP contribution in [0.15, 0.2) is 23.1 Å². The van der Waals surface area contributed by atoms with Gasteiger partial charge in [-0.25, -0.2) is 0 Å². The highest BCUT2D eigenvalue weighted by atomic mass is 32.2. The lowest BCUT2D eigenvalue weighted by molar-refractivity contribution is -0.137. The maximum atomic E-state index is 12.6. The molecule has 1 fully saturated rings. The molecule has 1 aliphatic heterocycles. The standard InChI is InChI=1S/C13H13F3N2O3S/c14-13(15,16)10-1-2-11(9(5-10)6-17)22(21)18-4-3-12(20,7-18)8-19/h1-2,5,19-20H,3-4,7-8H2/t12-,22?/m0/s1. The Balaban J connectivity index is 2.28. The van der Waals surface area contributed by atoms with Crippen LogP contribution < -0.4 is 0 Å². The monoisotopic (exact) mass is 334 g/mol. The van der Waals surface area contributed by atoms with Crippen molar-refractivity contribution in [3.05, 3.63) is 29.3 Å². The summed E-state index contributed by atoms with van der Waals surface area (Å²) in [6.07, 6.45) is -4.39. The van der Waals surface area contributed by atoms with Gasteiger partial charge in [0.2, 0.25) is 0 Å². The number of hydrogen-bond donors (Lipinski definition) is 2. The maximum absolute atomic E-state index is 12.6. The van der Waals surface area contributed by atoms with Gasteiger partial charge in [0.1, 0.15) is 17.2 Å². The van der Waals surface area contributed by atoms with E-state index in [1.807, 2.05) is 0 Å². The molecule has 2 N–H and O–H groups in total. The fraction of sp³-hybridized carbons (Fsp3) is 0.462. The van der Waals surface area contributed by atoms with E-state index in [0.717, 1.165) is 12.1 Å². The zero-order valence-electron chi connectivity index (χ0n) is 11.3. The Bertz CT molecular complexity index is 605. The lowest BCUT2D eigenvalue weighted by Gasteiger charge is -2.22. The molecule has 120 valence electrons. The molecule has 1 aliphatic rings. The van der Waals surface area contributed by atoms with Crippen LogP contribution in [0.4, 0.5) is 13.2 Å². The average Bonchev–Trinajstić information content (AvgIpc) is 2.88. The zero-order valence-corrected chi connectivity index (χ0v) is 12.1. The summed E-state index contributed by atoms with van der Waals surface area (Å²) in [6.45, 7) is -0.379. The third-order valence-corrected chi connectivity index (χ3v) is 4.95. The molecular formula is C13H13F3N2O3S. The summed E-state index contributed by atoms with van der Waals surface area (Å²) in [4.78, 5) is -0.0438. The third-order valence-electron chi connectivity index (χ3n) is 3.44. The Hall–Kier alpha value is -1.31. The molecule has 1 unspecified atom stereocenters. The van der Waals surface area contributed by atoms with Crippen LogP contribution in [0.5, 0.6) is 0 Å². The van der Waals surface area contributed by atoms with Gasteiger partial charge in [-0.1, -0.05) is 0 Å². The molecule has 0 bridgehead atoms. The molecule has 2 atom stereocenters. The molecule has 9 heteroatoms. The number of rotatable bonds is 3. The summed E-state index contributed by atoms with van der Waals surface area (Å²) < 4.78 is 51.6. The van der Waals surface area contributed by atoms with E-state index >= 15 is 0 Å². The van der Waals surface area contributed by atoms with E-state index in [0.29, 0.717) is 6.07 Å². The largest absolute Gasteiger partial charge is 0.593 e. The van der Waals surface area contributed by atoms with Gasteiger partial charge in [0, 0.05) is 6.54 Å². The molecule has 1 aromatic rings. The highest BCUT2D eigenvalue weighted by molar-refractivity contribution is 7.89. The van der Waals surface area contributed by atoms with Crippen molar-refractivity contribution in [3.8, 4) is 6.07 Å². The minimum Gasteiger partial charge on any atom is -0.593 e. The van der Waals surface area contributed by atoms with Crippen molar-refractivity contribution in [1.82, 2.24) is 4.31 Å². The van der Waals surface area contributed by atoms with Gasteiger partial charge in [0.15, 0.2) is 4.90 Å². The fourth-order valence-electron chi connectivity index (χ4n) is 2.17. The molecule has 0 saturated carbocycles. The third kappa shape index (κ3) is 3.37. The first kappa shape index (κ1) is 17.1. The van der Waals surface area contributed by atoms with Gasteiger partial charge in [0.25, 0.3) is 0 Å². The van der Waals surface area contributed by atoms with Gasteiger partial charge in [-0.05, 0) is 24.6 Å². The molecule has 22 heavy (non-hydrogen) atoms. The molecule has 0 aliphatic carbocycles. The highest BCUT2D eigenvalue weighted by Crippen LogP contribution is 2.33. The molecule has 1 heterocycles. The van der Waals surface area contributed by atoms with E-state index in [9.17, 15) is 22.8 Å². The molecule has 1 saturated heterocycles. The Morgan fingerprint density at radius 1 is 1.45 bits per heavy atom. The lowest BCUT2D eigenvalue weighted by Crippen LogP contribution is -2.39. The van der Waals surface area contributed by atoms with Crippen molar-refractivity contribution >= 4 is 11.4 Å². The van der Waals surface area contributed by atoms with Crippen molar-refractivity contribution < 1.29 is 27.9 Å². The number of halogens is 3. The van der Waals surface area contributed by atoms with E-state index in [1.54, 1.807) is 6.07 Å². The second-order valence-electron chi connectivity index (χ2n) is 5.07. The zero-order chi connectivity index (χ0) is 16.5. The number of β-amino-alcohol motifs (C(OH)–C–C–N with tert-alkyl or cyclic N) is 1. The quantitative estimate of drug-likeness (QED) is 0.806. The molecule has 1 aromatic carbocycles. The van der Waals surface area contributed by atoms with Crippen molar-refractivity contribution in [2.45, 2.75) is 23.1 Å². The van der Waals surface area contributed by atoms with Crippen LogP contribution in [0.25, 0.3) is 0 Å². The number of alkyl halides is 3. The van der Waals surface area contributed by atoms with E-state index in [4.69, 9.17) is 10.4 Å². The number of aliphatic hydroxyl groups is 2. The van der Waals surface area contributed by atoms with Crippen LogP contribution in [0.3, 0.4) is 0 Å². The smallest absolute Gasteiger partial charge is 0.416 e. The SMILES string of the molecule is N#Cc1cc(C(F)(F)F)ccc1[S+]([O-])N1CC[C@@](O)(CO)C1. The Labute approximate surface area is 127 Å². The summed E-state index contributed by atoms with van der Waals surface area (Å²) in [7, 11) is 0. The Morgan fingerprint density at radius 2 is 2.14 bits per heavy atom. The van der Waals surface area contributed by atoms with Gasteiger partial charge in [0.05, 0.1) is 30.1 Å². The maximum Gasteiger partial charge on any atom is 0.416 e. The fourth-order valence-corrected chi connectivity index (χ4v) is 3.54. The number of nitrogens with zero attached hydrogens (tertiary/aromatic N) is 2. The predicted molar refractivity (Wildman–Crippen MR) is 70.8 cm³/mol. The number of nitriles is 1. The van der Waals surface area contributed by atoms with Crippen molar-refractivity contribution in [2.75, 3.05) is 19.7 Å². The highest BCUT2D eigenvalue weighted by Gasteiger charge is 2.42. The molecule has 0 aromatic heterocycles. The molecule has 0 spiro atoms. The Morgan fingerprint density at radius 3 is 2.64 bits per heavy atom. The summed E-state index contributed by atoms with van der Waals surface area (Å²) in [5.74, 6) is 0. The Kier molecular flexibility index (Phi) is 4.70. The van der Waals surface area contributed by atoms with Crippen LogP contribution >= 0.6 is 0 Å². The van der Waals surface area contributed by atoms with Crippen molar-refractivity contribution in [1.29, 1.82) is 5.26 Å². The molecule has 0 amide bonds. The summed E-state index contributed by atoms with van der Waals surface area (Å²) >= 11 is -1.88. The van der Waals surface area contributed by atoms with Crippen molar-refractivity contribution in [3.63, 3.8) is 0 Å². The number of hydrogen-bond acceptors (Lipinski definition) is 5. The lowest BCUT2D eigenvalue weighted by atomic mass is 10.1. The van der Waals surface area contributed by atoms with Crippen LogP contribution in [0, 0.1) is 11.3 Å². The number of aliphatic hydroxyl groups excluding tert-OH is 1. The summed E-state index contributed by atoms with van der Waals surface area (Å²) in [5, 5.41) is 28.0. The molecule has 0 radical (unpaired) electrons. The van der Waals surface area contributed by atoms with E-state index in [-0.39, 0.29) is 30.0 Å². The van der Waals surface area contributed by atoms with Gasteiger partial charge < -0.3 is 14.8 Å². The van der Waals surface area contributed by atoms with E-state index in [1.165, 1.54) is 4.31 Å². The topological polar surface area (TPSA) is 90.5 Å². The first-order valence-electron chi connectivity index (χ1n) is 6.31. The molecular weight excluding hydrogens is 321 g/mol. The first-order valence-corrected chi connectivity index (χ1v) is 7.42.